The first-order valence-corrected chi connectivity index (χ1v) is 15.4. The highest BCUT2D eigenvalue weighted by atomic mass is 32.2. The van der Waals surface area contributed by atoms with Crippen molar-refractivity contribution in [3.8, 4) is 0 Å². The zero-order chi connectivity index (χ0) is 26.8. The normalized spacial score (nSPS) is 13.5. The fourth-order valence-electron chi connectivity index (χ4n) is 4.28. The van der Waals surface area contributed by atoms with Gasteiger partial charge in [-0.3, -0.25) is 9.59 Å². The van der Waals surface area contributed by atoms with Crippen molar-refractivity contribution < 1.29 is 18.0 Å². The van der Waals surface area contributed by atoms with Crippen LogP contribution in [0.5, 0.6) is 0 Å². The molecule has 3 rings (SSSR count). The van der Waals surface area contributed by atoms with Gasteiger partial charge in [0.2, 0.25) is 21.8 Å². The van der Waals surface area contributed by atoms with Crippen molar-refractivity contribution in [3.05, 3.63) is 48.5 Å². The quantitative estimate of drug-likeness (QED) is 0.361. The number of anilines is 2. The van der Waals surface area contributed by atoms with Gasteiger partial charge in [-0.25, -0.2) is 8.42 Å². The average molecular weight is 547 g/mol. The van der Waals surface area contributed by atoms with Crippen LogP contribution in [-0.2, 0) is 19.6 Å². The Hall–Kier alpha value is -2.56. The van der Waals surface area contributed by atoms with Crippen LogP contribution in [0.25, 0.3) is 0 Å². The zero-order valence-electron chi connectivity index (χ0n) is 22.0. The number of thioether (sulfide) groups is 1. The minimum absolute atomic E-state index is 0.128. The van der Waals surface area contributed by atoms with E-state index in [0.29, 0.717) is 25.3 Å². The number of benzene rings is 2. The first-order chi connectivity index (χ1) is 17.8. The number of fused-ring (bicyclic) bond motifs is 1. The summed E-state index contributed by atoms with van der Waals surface area (Å²) in [6, 6.07) is 15.1. The minimum atomic E-state index is -3.68. The van der Waals surface area contributed by atoms with E-state index in [1.807, 2.05) is 18.2 Å². The van der Waals surface area contributed by atoms with E-state index >= 15 is 0 Å². The Balaban J connectivity index is 1.63. The fraction of sp³-hybridized carbons (Fsp3) is 0.481. The van der Waals surface area contributed by atoms with Gasteiger partial charge in [-0.2, -0.15) is 4.31 Å². The fourth-order valence-corrected chi connectivity index (χ4v) is 6.68. The summed E-state index contributed by atoms with van der Waals surface area (Å²) in [7, 11) is -3.68. The van der Waals surface area contributed by atoms with Crippen LogP contribution in [0.3, 0.4) is 0 Å². The van der Waals surface area contributed by atoms with E-state index in [2.05, 4.69) is 29.3 Å². The monoisotopic (exact) mass is 546 g/mol. The summed E-state index contributed by atoms with van der Waals surface area (Å²) in [4.78, 5) is 30.2. The highest BCUT2D eigenvalue weighted by molar-refractivity contribution is 8.00. The van der Waals surface area contributed by atoms with Gasteiger partial charge >= 0.3 is 0 Å². The summed E-state index contributed by atoms with van der Waals surface area (Å²) in [6.07, 6.45) is 2.99. The third-order valence-electron chi connectivity index (χ3n) is 6.35. The molecule has 1 N–H and O–H groups in total. The minimum Gasteiger partial charge on any atom is -0.371 e. The lowest BCUT2D eigenvalue weighted by molar-refractivity contribution is -0.122. The molecule has 0 atom stereocenters. The van der Waals surface area contributed by atoms with E-state index in [1.54, 1.807) is 26.0 Å². The van der Waals surface area contributed by atoms with Gasteiger partial charge in [0.25, 0.3) is 0 Å². The van der Waals surface area contributed by atoms with Gasteiger partial charge < -0.3 is 15.1 Å². The highest BCUT2D eigenvalue weighted by Crippen LogP contribution is 2.37. The Bertz CT molecular complexity index is 1150. The van der Waals surface area contributed by atoms with Gasteiger partial charge in [0, 0.05) is 43.3 Å². The predicted molar refractivity (Wildman–Crippen MR) is 151 cm³/mol. The summed E-state index contributed by atoms with van der Waals surface area (Å²) in [5, 5.41) is 2.93. The molecule has 2 amide bonds. The summed E-state index contributed by atoms with van der Waals surface area (Å²) < 4.78 is 27.4. The summed E-state index contributed by atoms with van der Waals surface area (Å²) in [5.74, 6) is -0.255. The largest absolute Gasteiger partial charge is 0.371 e. The average Bonchev–Trinajstić information content (AvgIpc) is 2.90. The lowest BCUT2D eigenvalue weighted by Crippen LogP contribution is -2.44. The molecule has 0 fully saturated rings. The molecule has 0 bridgehead atoms. The first kappa shape index (κ1) is 29.0. The molecular weight excluding hydrogens is 508 g/mol. The third-order valence-corrected chi connectivity index (χ3v) is 9.44. The van der Waals surface area contributed by atoms with Crippen LogP contribution in [-0.4, -0.2) is 69.6 Å². The maximum absolute atomic E-state index is 13.0. The molecule has 2 aromatic rings. The number of carbonyl (C=O) groups excluding carboxylic acids is 2. The van der Waals surface area contributed by atoms with E-state index in [1.165, 1.54) is 32.7 Å². The number of rotatable bonds is 14. The van der Waals surface area contributed by atoms with Crippen LogP contribution in [0.15, 0.2) is 58.3 Å². The van der Waals surface area contributed by atoms with E-state index in [-0.39, 0.29) is 29.0 Å². The second-order valence-electron chi connectivity index (χ2n) is 8.87. The van der Waals surface area contributed by atoms with Crippen LogP contribution in [0.2, 0.25) is 0 Å². The second-order valence-corrected chi connectivity index (χ2v) is 11.8. The number of unbranched alkanes of at least 4 members (excludes halogenated alkanes) is 1. The molecule has 1 heterocycles. The van der Waals surface area contributed by atoms with E-state index in [9.17, 15) is 18.0 Å². The molecule has 2 aromatic carbocycles. The predicted octanol–water partition coefficient (Wildman–Crippen LogP) is 3.97. The molecule has 202 valence electrons. The number of para-hydroxylation sites is 1. The summed E-state index contributed by atoms with van der Waals surface area (Å²) in [5.41, 5.74) is 1.64. The van der Waals surface area contributed by atoms with Crippen LogP contribution in [0.1, 0.15) is 40.0 Å². The van der Waals surface area contributed by atoms with Crippen LogP contribution in [0, 0.1) is 0 Å². The van der Waals surface area contributed by atoms with Crippen molar-refractivity contribution in [1.29, 1.82) is 0 Å². The summed E-state index contributed by atoms with van der Waals surface area (Å²) in [6.45, 7) is 8.60. The molecule has 0 aliphatic carbocycles. The van der Waals surface area contributed by atoms with Gasteiger partial charge in [-0.05, 0) is 43.2 Å². The molecule has 1 aliphatic heterocycles. The lowest BCUT2D eigenvalue weighted by atomic mass is 10.2. The van der Waals surface area contributed by atoms with Crippen LogP contribution < -0.4 is 15.1 Å². The molecule has 1 aliphatic rings. The number of sulfonamides is 1. The Labute approximate surface area is 225 Å². The van der Waals surface area contributed by atoms with Crippen molar-refractivity contribution >= 4 is 45.0 Å². The SMILES string of the molecule is CCCCN(CCCNC(=O)CN1C(=O)CSc2ccc(S(=O)(=O)N(CC)CC)cc21)c1ccccc1. The van der Waals surface area contributed by atoms with Crippen molar-refractivity contribution in [2.45, 2.75) is 49.8 Å². The number of hydrogen-bond acceptors (Lipinski definition) is 6. The summed E-state index contributed by atoms with van der Waals surface area (Å²) >= 11 is 1.36. The van der Waals surface area contributed by atoms with Gasteiger partial charge in [0.15, 0.2) is 0 Å². The van der Waals surface area contributed by atoms with Gasteiger partial charge in [0.05, 0.1) is 16.3 Å². The maximum atomic E-state index is 13.0. The number of amides is 2. The smallest absolute Gasteiger partial charge is 0.243 e. The van der Waals surface area contributed by atoms with Crippen LogP contribution in [0.4, 0.5) is 11.4 Å². The van der Waals surface area contributed by atoms with Crippen LogP contribution >= 0.6 is 11.8 Å². The molecule has 10 heteroatoms. The molecular formula is C27H38N4O4S2. The maximum Gasteiger partial charge on any atom is 0.243 e. The molecule has 37 heavy (non-hydrogen) atoms. The standard InChI is InChI=1S/C27H38N4O4S2/c1-4-7-17-29(22-12-9-8-10-13-22)18-11-16-28-26(32)20-31-24-19-23(37(34,35)30(5-2)6-3)14-15-25(24)36-21-27(31)33/h8-10,12-15,19H,4-7,11,16-18,20-21H2,1-3H3,(H,28,32). The topological polar surface area (TPSA) is 90.0 Å². The van der Waals surface area contributed by atoms with Crippen molar-refractivity contribution in [2.75, 3.05) is 54.8 Å². The first-order valence-electron chi connectivity index (χ1n) is 13.0. The van der Waals surface area contributed by atoms with Gasteiger partial charge in [0.1, 0.15) is 6.54 Å². The number of carbonyl (C=O) groups is 2. The molecule has 8 nitrogen and oxygen atoms in total. The van der Waals surface area contributed by atoms with Gasteiger partial charge in [-0.15, -0.1) is 11.8 Å². The Morgan fingerprint density at radius 2 is 1.73 bits per heavy atom. The molecule has 0 saturated heterocycles. The Kier molecular flexibility index (Phi) is 10.8. The lowest BCUT2D eigenvalue weighted by Gasteiger charge is -2.29. The van der Waals surface area contributed by atoms with Crippen molar-refractivity contribution in [2.24, 2.45) is 0 Å². The molecule has 0 unspecified atom stereocenters. The van der Waals surface area contributed by atoms with Gasteiger partial charge in [-0.1, -0.05) is 45.4 Å². The second kappa shape index (κ2) is 13.8. The Morgan fingerprint density at radius 3 is 2.41 bits per heavy atom. The van der Waals surface area contributed by atoms with E-state index in [4.69, 9.17) is 0 Å². The third kappa shape index (κ3) is 7.49. The van der Waals surface area contributed by atoms with Crippen molar-refractivity contribution in [3.63, 3.8) is 0 Å². The number of nitrogens with one attached hydrogen (secondary N) is 1. The van der Waals surface area contributed by atoms with Crippen molar-refractivity contribution in [1.82, 2.24) is 9.62 Å². The Morgan fingerprint density at radius 1 is 1.03 bits per heavy atom. The zero-order valence-corrected chi connectivity index (χ0v) is 23.6. The molecule has 0 saturated carbocycles. The number of nitrogens with zero attached hydrogens (tertiary/aromatic N) is 3. The molecule has 0 aromatic heterocycles. The number of hydrogen-bond donors (Lipinski definition) is 1. The molecule has 0 radical (unpaired) electrons. The van der Waals surface area contributed by atoms with E-state index < -0.39 is 10.0 Å². The van der Waals surface area contributed by atoms with E-state index in [0.717, 1.165) is 37.2 Å². The highest BCUT2D eigenvalue weighted by Gasteiger charge is 2.30. The molecule has 0 spiro atoms.